The molecule has 2 aromatic rings. The van der Waals surface area contributed by atoms with Gasteiger partial charge in [0.25, 0.3) is 0 Å². The molecule has 0 saturated heterocycles. The summed E-state index contributed by atoms with van der Waals surface area (Å²) in [6.07, 6.45) is 13.6. The zero-order valence-electron chi connectivity index (χ0n) is 24.3. The Hall–Kier alpha value is -2.40. The molecule has 0 amide bonds. The molecule has 0 aromatic heterocycles. The van der Waals surface area contributed by atoms with Crippen molar-refractivity contribution in [3.63, 3.8) is 0 Å². The molecule has 0 atom stereocenters. The molecule has 39 heavy (non-hydrogen) atoms. The minimum atomic E-state index is -1.32. The van der Waals surface area contributed by atoms with E-state index >= 15 is 0 Å². The third kappa shape index (κ3) is 16.3. The van der Waals surface area contributed by atoms with Crippen LogP contribution in [0.5, 0.6) is 11.5 Å². The summed E-state index contributed by atoms with van der Waals surface area (Å²) < 4.78 is 0. The summed E-state index contributed by atoms with van der Waals surface area (Å²) in [5.74, 6) is -1.56. The SMILES string of the molecule is CC(C)CCCCCCc1ccc(O)c(C(=O)[O-])c1.CC(C)CCCCCCc1ccc(O)c(C(=O)[O-])c1.[Zn+2]. The van der Waals surface area contributed by atoms with E-state index in [2.05, 4.69) is 27.7 Å². The van der Waals surface area contributed by atoms with Crippen molar-refractivity contribution in [2.45, 2.75) is 105 Å². The maximum absolute atomic E-state index is 10.8. The number of carboxylic acids is 2. The van der Waals surface area contributed by atoms with Crippen molar-refractivity contribution in [1.29, 1.82) is 0 Å². The fourth-order valence-corrected chi connectivity index (χ4v) is 4.27. The Bertz CT molecular complexity index is 907. The van der Waals surface area contributed by atoms with Crippen molar-refractivity contribution < 1.29 is 49.5 Å². The third-order valence-electron chi connectivity index (χ3n) is 6.56. The smallest absolute Gasteiger partial charge is 0.545 e. The van der Waals surface area contributed by atoms with Crippen LogP contribution >= 0.6 is 0 Å². The number of phenols is 2. The maximum atomic E-state index is 10.8. The first kappa shape index (κ1) is 36.6. The number of carbonyl (C=O) groups is 2. The molecule has 7 heteroatoms. The van der Waals surface area contributed by atoms with Crippen LogP contribution in [0.15, 0.2) is 36.4 Å². The number of rotatable bonds is 16. The van der Waals surface area contributed by atoms with E-state index in [1.54, 1.807) is 12.1 Å². The van der Waals surface area contributed by atoms with Crippen molar-refractivity contribution in [2.75, 3.05) is 0 Å². The van der Waals surface area contributed by atoms with Gasteiger partial charge in [-0.1, -0.05) is 91.2 Å². The third-order valence-corrected chi connectivity index (χ3v) is 6.56. The van der Waals surface area contributed by atoms with E-state index in [9.17, 15) is 30.0 Å². The Morgan fingerprint density at radius 1 is 0.615 bits per heavy atom. The number of carboxylic acid groups (broad SMARTS) is 2. The van der Waals surface area contributed by atoms with Crippen molar-refractivity contribution in [2.24, 2.45) is 11.8 Å². The van der Waals surface area contributed by atoms with Gasteiger partial charge >= 0.3 is 19.5 Å². The molecule has 0 bridgehead atoms. The van der Waals surface area contributed by atoms with Crippen LogP contribution in [0.25, 0.3) is 0 Å². The molecule has 212 valence electrons. The Balaban J connectivity index is 0.000000722. The maximum Gasteiger partial charge on any atom is 2.00 e. The number of aryl methyl sites for hydroxylation is 2. The summed E-state index contributed by atoms with van der Waals surface area (Å²) in [7, 11) is 0. The van der Waals surface area contributed by atoms with Gasteiger partial charge in [0.1, 0.15) is 11.5 Å². The first-order valence-corrected chi connectivity index (χ1v) is 14.1. The van der Waals surface area contributed by atoms with Gasteiger partial charge < -0.3 is 30.0 Å². The number of aromatic hydroxyl groups is 2. The predicted molar refractivity (Wildman–Crippen MR) is 148 cm³/mol. The van der Waals surface area contributed by atoms with E-state index in [0.29, 0.717) is 0 Å². The second kappa shape index (κ2) is 20.5. The van der Waals surface area contributed by atoms with Gasteiger partial charge in [-0.05, 0) is 72.9 Å². The fraction of sp³-hybridized carbons (Fsp3) is 0.562. The largest absolute Gasteiger partial charge is 2.00 e. The van der Waals surface area contributed by atoms with Crippen LogP contribution in [0.4, 0.5) is 0 Å². The summed E-state index contributed by atoms with van der Waals surface area (Å²) in [5.41, 5.74) is 1.66. The monoisotopic (exact) mass is 590 g/mol. The van der Waals surface area contributed by atoms with Crippen LogP contribution in [0.3, 0.4) is 0 Å². The zero-order chi connectivity index (χ0) is 28.5. The second-order valence-corrected chi connectivity index (χ2v) is 11.0. The first-order chi connectivity index (χ1) is 18.0. The number of carbonyl (C=O) groups excluding carboxylic acids is 2. The second-order valence-electron chi connectivity index (χ2n) is 11.0. The summed E-state index contributed by atoms with van der Waals surface area (Å²) >= 11 is 0. The Morgan fingerprint density at radius 2 is 0.949 bits per heavy atom. The van der Waals surface area contributed by atoms with E-state index in [-0.39, 0.29) is 42.1 Å². The van der Waals surface area contributed by atoms with Crippen LogP contribution in [0, 0.1) is 11.8 Å². The molecule has 0 aliphatic carbocycles. The molecule has 6 nitrogen and oxygen atoms in total. The molecule has 0 aliphatic rings. The number of benzene rings is 2. The van der Waals surface area contributed by atoms with Gasteiger partial charge in [-0.15, -0.1) is 0 Å². The van der Waals surface area contributed by atoms with Crippen LogP contribution in [-0.4, -0.2) is 22.2 Å². The number of unbranched alkanes of at least 4 members (excludes halogenated alkanes) is 6. The normalized spacial score (nSPS) is 10.6. The minimum Gasteiger partial charge on any atom is -0.545 e. The minimum absolute atomic E-state index is 0. The molecule has 0 heterocycles. The first-order valence-electron chi connectivity index (χ1n) is 14.1. The van der Waals surface area contributed by atoms with Gasteiger partial charge in [-0.3, -0.25) is 0 Å². The molecule has 0 spiro atoms. The number of aromatic carboxylic acids is 2. The van der Waals surface area contributed by atoms with Gasteiger partial charge in [0.2, 0.25) is 0 Å². The zero-order valence-corrected chi connectivity index (χ0v) is 27.3. The molecular weight excluding hydrogens is 546 g/mol. The van der Waals surface area contributed by atoms with Crippen LogP contribution in [-0.2, 0) is 32.3 Å². The van der Waals surface area contributed by atoms with E-state index in [1.807, 2.05) is 0 Å². The topological polar surface area (TPSA) is 121 Å². The molecule has 2 N–H and O–H groups in total. The van der Waals surface area contributed by atoms with E-state index in [0.717, 1.165) is 61.5 Å². The summed E-state index contributed by atoms with van der Waals surface area (Å²) in [4.78, 5) is 21.6. The Morgan fingerprint density at radius 3 is 1.26 bits per heavy atom. The van der Waals surface area contributed by atoms with Crippen LogP contribution in [0.1, 0.15) is 124 Å². The number of hydrogen-bond donors (Lipinski definition) is 2. The predicted octanol–water partition coefficient (Wildman–Crippen LogP) is 5.81. The average molecular weight is 592 g/mol. The van der Waals surface area contributed by atoms with Crippen molar-refractivity contribution in [1.82, 2.24) is 0 Å². The van der Waals surface area contributed by atoms with Gasteiger partial charge in [0.05, 0.1) is 11.9 Å². The van der Waals surface area contributed by atoms with E-state index < -0.39 is 11.9 Å². The molecule has 0 fully saturated rings. The van der Waals surface area contributed by atoms with Gasteiger partial charge in [0, 0.05) is 11.1 Å². The van der Waals surface area contributed by atoms with Gasteiger partial charge in [0.15, 0.2) is 0 Å². The van der Waals surface area contributed by atoms with Crippen molar-refractivity contribution in [3.8, 4) is 11.5 Å². The van der Waals surface area contributed by atoms with Crippen molar-refractivity contribution >= 4 is 11.9 Å². The molecule has 2 aromatic carbocycles. The Labute approximate surface area is 247 Å². The summed E-state index contributed by atoms with van der Waals surface area (Å²) in [6, 6.07) is 9.43. The Kier molecular flexibility index (Phi) is 19.2. The van der Waals surface area contributed by atoms with Crippen molar-refractivity contribution in [3.05, 3.63) is 58.7 Å². The molecular formula is C32H46O6Zn. The van der Waals surface area contributed by atoms with Crippen LogP contribution < -0.4 is 10.2 Å². The number of hydrogen-bond acceptors (Lipinski definition) is 6. The summed E-state index contributed by atoms with van der Waals surface area (Å²) in [6.45, 7) is 8.94. The van der Waals surface area contributed by atoms with Gasteiger partial charge in [-0.25, -0.2) is 0 Å². The quantitative estimate of drug-likeness (QED) is 0.188. The standard InChI is InChI=1S/2C16H24O3.Zn/c2*1-12(2)7-5-3-4-6-8-13-9-10-15(17)14(11-13)16(18)19;/h2*9-12,17H,3-8H2,1-2H3,(H,18,19);/q;;+2/p-2. The molecule has 2 rings (SSSR count). The molecule has 0 radical (unpaired) electrons. The molecule has 0 aliphatic heterocycles. The summed E-state index contributed by atoms with van der Waals surface area (Å²) in [5, 5.41) is 40.3. The van der Waals surface area contributed by atoms with Crippen LogP contribution in [0.2, 0.25) is 0 Å². The van der Waals surface area contributed by atoms with E-state index in [4.69, 9.17) is 0 Å². The fourth-order valence-electron chi connectivity index (χ4n) is 4.27. The molecule has 0 saturated carbocycles. The van der Waals surface area contributed by atoms with E-state index in [1.165, 1.54) is 62.8 Å². The average Bonchev–Trinajstić information content (AvgIpc) is 2.85. The van der Waals surface area contributed by atoms with Gasteiger partial charge in [-0.2, -0.15) is 0 Å². The molecule has 0 unspecified atom stereocenters.